The highest BCUT2D eigenvalue weighted by molar-refractivity contribution is 5.72. The van der Waals surface area contributed by atoms with Gasteiger partial charge in [-0.2, -0.15) is 0 Å². The normalized spacial score (nSPS) is 11.4. The van der Waals surface area contributed by atoms with E-state index in [1.807, 2.05) is 6.07 Å². The number of nitrogens with zero attached hydrogens (tertiary/aromatic N) is 1. The van der Waals surface area contributed by atoms with Crippen LogP contribution in [0.2, 0.25) is 0 Å². The van der Waals surface area contributed by atoms with Gasteiger partial charge in [-0.15, -0.1) is 0 Å². The van der Waals surface area contributed by atoms with Gasteiger partial charge in [-0.25, -0.2) is 4.79 Å². The number of carbonyl (C=O) groups excluding carboxylic acids is 1. The van der Waals surface area contributed by atoms with Crippen molar-refractivity contribution in [2.45, 2.75) is 19.1 Å². The summed E-state index contributed by atoms with van der Waals surface area (Å²) in [5.74, 6) is -1.12. The molecule has 8 heteroatoms. The molecule has 2 N–H and O–H groups in total. The molecule has 0 aliphatic heterocycles. The van der Waals surface area contributed by atoms with Crippen LogP contribution in [0.1, 0.15) is 23.6 Å². The Labute approximate surface area is 143 Å². The zero-order chi connectivity index (χ0) is 18.2. The summed E-state index contributed by atoms with van der Waals surface area (Å²) in [5, 5.41) is 22.2. The first kappa shape index (κ1) is 17.9. The molecule has 0 bridgehead atoms. The summed E-state index contributed by atoms with van der Waals surface area (Å²) in [6.45, 7) is 0.0483. The molecule has 2 rings (SSSR count). The minimum Gasteiger partial charge on any atom is -0.481 e. The van der Waals surface area contributed by atoms with E-state index in [-0.39, 0.29) is 18.7 Å². The highest BCUT2D eigenvalue weighted by Gasteiger charge is 2.20. The average molecular weight is 344 g/mol. The molecule has 1 atom stereocenters. The third-order valence-electron chi connectivity index (χ3n) is 3.39. The number of aliphatic carboxylic acids is 1. The Bertz CT molecular complexity index is 745. The Hall–Kier alpha value is -3.42. The first-order valence-electron chi connectivity index (χ1n) is 7.39. The van der Waals surface area contributed by atoms with Gasteiger partial charge in [-0.3, -0.25) is 14.9 Å². The number of ether oxygens (including phenoxy) is 1. The van der Waals surface area contributed by atoms with Crippen LogP contribution in [0.15, 0.2) is 54.6 Å². The van der Waals surface area contributed by atoms with E-state index in [2.05, 4.69) is 5.32 Å². The Kier molecular flexibility index (Phi) is 6.05. The van der Waals surface area contributed by atoms with Gasteiger partial charge in [0.1, 0.15) is 6.61 Å². The van der Waals surface area contributed by atoms with Crippen molar-refractivity contribution in [2.75, 3.05) is 0 Å². The van der Waals surface area contributed by atoms with Gasteiger partial charge in [0.25, 0.3) is 5.69 Å². The maximum absolute atomic E-state index is 11.9. The predicted octanol–water partition coefficient (Wildman–Crippen LogP) is 3.04. The van der Waals surface area contributed by atoms with E-state index in [1.165, 1.54) is 24.3 Å². The van der Waals surface area contributed by atoms with Crippen molar-refractivity contribution < 1.29 is 24.4 Å². The van der Waals surface area contributed by atoms with E-state index < -0.39 is 23.0 Å². The van der Waals surface area contributed by atoms with Crippen molar-refractivity contribution in [3.05, 3.63) is 75.8 Å². The molecule has 25 heavy (non-hydrogen) atoms. The fourth-order valence-corrected chi connectivity index (χ4v) is 2.16. The lowest BCUT2D eigenvalue weighted by Crippen LogP contribution is -2.30. The van der Waals surface area contributed by atoms with E-state index >= 15 is 0 Å². The number of nitro groups is 1. The SMILES string of the molecule is O=C(O)CC(NC(=O)OCc1ccccc1)c1ccc([N+](=O)[O-])cc1. The topological polar surface area (TPSA) is 119 Å². The Morgan fingerprint density at radius 1 is 1.12 bits per heavy atom. The summed E-state index contributed by atoms with van der Waals surface area (Å²) in [6.07, 6.45) is -1.15. The van der Waals surface area contributed by atoms with Gasteiger partial charge in [0, 0.05) is 12.1 Å². The smallest absolute Gasteiger partial charge is 0.407 e. The van der Waals surface area contributed by atoms with Crippen molar-refractivity contribution in [1.82, 2.24) is 5.32 Å². The summed E-state index contributed by atoms with van der Waals surface area (Å²) >= 11 is 0. The molecule has 1 amide bonds. The van der Waals surface area contributed by atoms with Gasteiger partial charge in [0.2, 0.25) is 0 Å². The molecular formula is C17H16N2O6. The zero-order valence-electron chi connectivity index (χ0n) is 13.1. The Balaban J connectivity index is 2.02. The summed E-state index contributed by atoms with van der Waals surface area (Å²) in [5.41, 5.74) is 1.11. The Morgan fingerprint density at radius 3 is 2.32 bits per heavy atom. The second kappa shape index (κ2) is 8.44. The number of benzene rings is 2. The number of non-ortho nitro benzene ring substituents is 1. The fourth-order valence-electron chi connectivity index (χ4n) is 2.16. The van der Waals surface area contributed by atoms with E-state index in [1.54, 1.807) is 24.3 Å². The molecule has 0 aromatic heterocycles. The quantitative estimate of drug-likeness (QED) is 0.588. The first-order chi connectivity index (χ1) is 12.0. The second-order valence-corrected chi connectivity index (χ2v) is 5.21. The third-order valence-corrected chi connectivity index (χ3v) is 3.39. The number of amides is 1. The highest BCUT2D eigenvalue weighted by atomic mass is 16.6. The summed E-state index contributed by atoms with van der Waals surface area (Å²) < 4.78 is 5.07. The lowest BCUT2D eigenvalue weighted by Gasteiger charge is -2.17. The second-order valence-electron chi connectivity index (χ2n) is 5.21. The lowest BCUT2D eigenvalue weighted by atomic mass is 10.0. The molecule has 1 unspecified atom stereocenters. The van der Waals surface area contributed by atoms with Crippen molar-refractivity contribution >= 4 is 17.7 Å². The van der Waals surface area contributed by atoms with Crippen LogP contribution in [0.3, 0.4) is 0 Å². The van der Waals surface area contributed by atoms with Crippen LogP contribution in [-0.2, 0) is 16.1 Å². The minimum absolute atomic E-state index is 0.0483. The molecule has 0 aliphatic rings. The first-order valence-corrected chi connectivity index (χ1v) is 7.39. The number of nitrogens with one attached hydrogen (secondary N) is 1. The standard InChI is InChI=1S/C17H16N2O6/c20-16(21)10-15(13-6-8-14(9-7-13)19(23)24)18-17(22)25-11-12-4-2-1-3-5-12/h1-9,15H,10-11H2,(H,18,22)(H,20,21). The van der Waals surface area contributed by atoms with Crippen molar-refractivity contribution in [3.63, 3.8) is 0 Å². The van der Waals surface area contributed by atoms with E-state index in [0.29, 0.717) is 5.56 Å². The number of carboxylic acids is 1. The molecule has 0 saturated heterocycles. The molecule has 0 aliphatic carbocycles. The highest BCUT2D eigenvalue weighted by Crippen LogP contribution is 2.20. The molecule has 0 spiro atoms. The maximum atomic E-state index is 11.9. The largest absolute Gasteiger partial charge is 0.481 e. The van der Waals surface area contributed by atoms with Crippen LogP contribution in [0.5, 0.6) is 0 Å². The summed E-state index contributed by atoms with van der Waals surface area (Å²) in [4.78, 5) is 33.1. The molecule has 0 fully saturated rings. The minimum atomic E-state index is -1.12. The van der Waals surface area contributed by atoms with Gasteiger partial charge in [0.15, 0.2) is 0 Å². The number of rotatable bonds is 7. The van der Waals surface area contributed by atoms with Crippen LogP contribution in [0.4, 0.5) is 10.5 Å². The van der Waals surface area contributed by atoms with E-state index in [9.17, 15) is 19.7 Å². The summed E-state index contributed by atoms with van der Waals surface area (Å²) in [6, 6.07) is 13.5. The maximum Gasteiger partial charge on any atom is 0.407 e. The number of hydrogen-bond donors (Lipinski definition) is 2. The molecular weight excluding hydrogens is 328 g/mol. The van der Waals surface area contributed by atoms with Crippen molar-refractivity contribution in [2.24, 2.45) is 0 Å². The zero-order valence-corrected chi connectivity index (χ0v) is 13.1. The van der Waals surface area contributed by atoms with Gasteiger partial charge >= 0.3 is 12.1 Å². The number of hydrogen-bond acceptors (Lipinski definition) is 5. The molecule has 0 heterocycles. The van der Waals surface area contributed by atoms with Crippen LogP contribution < -0.4 is 5.32 Å². The Morgan fingerprint density at radius 2 is 1.76 bits per heavy atom. The molecule has 130 valence electrons. The molecule has 0 saturated carbocycles. The van der Waals surface area contributed by atoms with Gasteiger partial charge in [-0.05, 0) is 11.1 Å². The molecule has 2 aromatic rings. The number of nitro benzene ring substituents is 1. The third kappa shape index (κ3) is 5.61. The predicted molar refractivity (Wildman–Crippen MR) is 87.9 cm³/mol. The lowest BCUT2D eigenvalue weighted by molar-refractivity contribution is -0.384. The van der Waals surface area contributed by atoms with Crippen LogP contribution in [0.25, 0.3) is 0 Å². The van der Waals surface area contributed by atoms with Crippen LogP contribution in [-0.4, -0.2) is 22.1 Å². The van der Waals surface area contributed by atoms with Crippen molar-refractivity contribution in [1.29, 1.82) is 0 Å². The van der Waals surface area contributed by atoms with E-state index in [4.69, 9.17) is 9.84 Å². The fraction of sp³-hybridized carbons (Fsp3) is 0.176. The number of carboxylic acid groups (broad SMARTS) is 1. The van der Waals surface area contributed by atoms with Gasteiger partial charge in [-0.1, -0.05) is 42.5 Å². The average Bonchev–Trinajstić information content (AvgIpc) is 2.60. The molecule has 8 nitrogen and oxygen atoms in total. The number of alkyl carbamates (subject to hydrolysis) is 1. The van der Waals surface area contributed by atoms with Gasteiger partial charge in [0.05, 0.1) is 17.4 Å². The van der Waals surface area contributed by atoms with Crippen LogP contribution >= 0.6 is 0 Å². The molecule has 2 aromatic carbocycles. The van der Waals surface area contributed by atoms with Gasteiger partial charge < -0.3 is 15.2 Å². The molecule has 0 radical (unpaired) electrons. The van der Waals surface area contributed by atoms with Crippen molar-refractivity contribution in [3.8, 4) is 0 Å². The summed E-state index contributed by atoms with van der Waals surface area (Å²) in [7, 11) is 0. The van der Waals surface area contributed by atoms with E-state index in [0.717, 1.165) is 5.56 Å². The monoisotopic (exact) mass is 344 g/mol. The number of carbonyl (C=O) groups is 2. The van der Waals surface area contributed by atoms with Crippen LogP contribution in [0, 0.1) is 10.1 Å².